The van der Waals surface area contributed by atoms with Crippen molar-refractivity contribution in [1.29, 1.82) is 0 Å². The Kier molecular flexibility index (Phi) is 20.5. The van der Waals surface area contributed by atoms with Gasteiger partial charge in [0.15, 0.2) is 7.15 Å². The Morgan fingerprint density at radius 1 is 0.825 bits per heavy atom. The van der Waals surface area contributed by atoms with E-state index in [0.717, 1.165) is 12.8 Å². The first kappa shape index (κ1) is 44.2. The van der Waals surface area contributed by atoms with Gasteiger partial charge in [-0.25, -0.2) is 4.79 Å². The maximum Gasteiger partial charge on any atom is 0.312 e. The number of carbonyl (C=O) groups is 10. The topological polar surface area (TPSA) is 249 Å². The maximum atomic E-state index is 13.4. The fourth-order valence-electron chi connectivity index (χ4n) is 6.28. The Bertz CT molecular complexity index is 1620. The second kappa shape index (κ2) is 26.4. The van der Waals surface area contributed by atoms with E-state index >= 15 is 0 Å². The molecule has 0 bridgehead atoms. The van der Waals surface area contributed by atoms with E-state index in [1.165, 1.54) is 9.80 Å². The third kappa shape index (κ3) is 18.3. The van der Waals surface area contributed by atoms with Crippen LogP contribution in [0.25, 0.3) is 0 Å². The quantitative estimate of drug-likeness (QED) is 0.0636. The van der Waals surface area contributed by atoms with Crippen LogP contribution in [0.15, 0.2) is 24.3 Å². The number of rotatable bonds is 25. The molecular weight excluding hydrogens is 740 g/mol. The van der Waals surface area contributed by atoms with Crippen molar-refractivity contribution in [2.24, 2.45) is 17.6 Å². The minimum absolute atomic E-state index is 0.0799. The van der Waals surface area contributed by atoms with Gasteiger partial charge >= 0.3 is 6.03 Å². The van der Waals surface area contributed by atoms with Crippen molar-refractivity contribution in [1.82, 2.24) is 20.4 Å². The first-order valence-corrected chi connectivity index (χ1v) is 19.5. The second-order valence-corrected chi connectivity index (χ2v) is 14.3. The van der Waals surface area contributed by atoms with E-state index in [1.807, 2.05) is 0 Å². The summed E-state index contributed by atoms with van der Waals surface area (Å²) in [5, 5.41) is 8.05. The summed E-state index contributed by atoms with van der Waals surface area (Å²) in [6, 6.07) is 4.98. The van der Waals surface area contributed by atoms with E-state index in [-0.39, 0.29) is 92.9 Å². The molecule has 0 spiro atoms. The van der Waals surface area contributed by atoms with Gasteiger partial charge in [-0.1, -0.05) is 38.8 Å². The summed E-state index contributed by atoms with van der Waals surface area (Å²) in [6.07, 6.45) is 4.38. The number of anilines is 1. The fourth-order valence-corrected chi connectivity index (χ4v) is 6.28. The number of hydrogen-bond donors (Lipinski definition) is 4. The van der Waals surface area contributed by atoms with E-state index in [2.05, 4.69) is 20.7 Å². The Labute approximate surface area is 336 Å². The third-order valence-electron chi connectivity index (χ3n) is 9.45. The summed E-state index contributed by atoms with van der Waals surface area (Å²) in [5.41, 5.74) is 6.20. The zero-order valence-corrected chi connectivity index (χ0v) is 32.9. The number of ketones is 1. The van der Waals surface area contributed by atoms with E-state index in [1.54, 1.807) is 38.1 Å². The number of primary amides is 1. The molecule has 0 unspecified atom stereocenters. The van der Waals surface area contributed by atoms with Crippen molar-refractivity contribution < 1.29 is 55.4 Å². The summed E-state index contributed by atoms with van der Waals surface area (Å²) < 4.78 is 18.1. The number of imide groups is 2. The number of nitrogens with two attached hydrogens (primary N) is 1. The lowest BCUT2D eigenvalue weighted by Crippen LogP contribution is -2.45. The van der Waals surface area contributed by atoms with Gasteiger partial charge in [-0.3, -0.25) is 48.2 Å². The molecule has 0 aliphatic carbocycles. The number of aldehydes is 1. The SMILES string of the molecule is [2H]C(=O)CCCCCN1C(=O)CCC1=O.[2H]C(=O)OCc1ccc(NC(=O)[C@H](CCCNC(N)=O)CC(=O)[C@@H](NC(=O)CCCCCN2C(=O)CCC2=O)C(C)C)cc1. The first-order valence-electron chi connectivity index (χ1n) is 20.5. The summed E-state index contributed by atoms with van der Waals surface area (Å²) in [6.45, 7) is 4.56. The van der Waals surface area contributed by atoms with E-state index in [4.69, 9.17) is 8.48 Å². The molecule has 57 heavy (non-hydrogen) atoms. The number of urea groups is 1. The van der Waals surface area contributed by atoms with Crippen LogP contribution < -0.4 is 21.7 Å². The summed E-state index contributed by atoms with van der Waals surface area (Å²) >= 11 is 0. The van der Waals surface area contributed by atoms with Crippen molar-refractivity contribution in [3.05, 3.63) is 29.8 Å². The highest BCUT2D eigenvalue weighted by Crippen LogP contribution is 2.20. The highest BCUT2D eigenvalue weighted by molar-refractivity contribution is 6.02. The lowest BCUT2D eigenvalue weighted by Gasteiger charge is -2.24. The molecule has 1 aromatic carbocycles. The zero-order chi connectivity index (χ0) is 43.9. The molecule has 2 saturated heterocycles. The van der Waals surface area contributed by atoms with Crippen LogP contribution >= 0.6 is 0 Å². The number of carbonyl (C=O) groups excluding carboxylic acids is 10. The van der Waals surface area contributed by atoms with Crippen molar-refractivity contribution in [2.45, 2.75) is 123 Å². The summed E-state index contributed by atoms with van der Waals surface area (Å²) in [4.78, 5) is 120. The number of hydrogen-bond acceptors (Lipinski definition) is 11. The minimum Gasteiger partial charge on any atom is -0.463 e. The fraction of sp³-hybridized carbons (Fsp3) is 0.600. The molecule has 0 aromatic heterocycles. The molecule has 2 heterocycles. The molecule has 1 aromatic rings. The van der Waals surface area contributed by atoms with Crippen LogP contribution in [-0.2, 0) is 54.5 Å². The van der Waals surface area contributed by atoms with Gasteiger partial charge in [-0.2, -0.15) is 0 Å². The predicted octanol–water partition coefficient (Wildman–Crippen LogP) is 3.07. The molecule has 8 amide bonds. The maximum absolute atomic E-state index is 13.4. The molecule has 2 aliphatic heterocycles. The molecule has 2 atom stereocenters. The lowest BCUT2D eigenvalue weighted by molar-refractivity contribution is -0.140. The molecule has 2 fully saturated rings. The van der Waals surface area contributed by atoms with Gasteiger partial charge in [0.05, 0.1) is 6.04 Å². The van der Waals surface area contributed by atoms with E-state index in [0.29, 0.717) is 69.3 Å². The van der Waals surface area contributed by atoms with Gasteiger partial charge in [-0.15, -0.1) is 0 Å². The van der Waals surface area contributed by atoms with Crippen LogP contribution in [0.2, 0.25) is 0 Å². The molecule has 17 heteroatoms. The number of nitrogens with one attached hydrogen (secondary N) is 3. The van der Waals surface area contributed by atoms with Crippen LogP contribution in [-0.4, -0.2) is 95.4 Å². The molecule has 0 radical (unpaired) electrons. The van der Waals surface area contributed by atoms with Gasteiger partial charge in [0, 0.05) is 76.2 Å². The molecule has 17 nitrogen and oxygen atoms in total. The normalized spacial score (nSPS) is 15.3. The number of ether oxygens (including phenoxy) is 1. The minimum atomic E-state index is -1.15. The average Bonchev–Trinajstić information content (AvgIpc) is 3.67. The van der Waals surface area contributed by atoms with Crippen molar-refractivity contribution in [2.75, 3.05) is 25.0 Å². The number of unbranched alkanes of at least 4 members (excludes halogenated alkanes) is 4. The second-order valence-electron chi connectivity index (χ2n) is 14.3. The average molecular weight is 801 g/mol. The number of likely N-dealkylation sites (tertiary alicyclic amines) is 2. The molecule has 314 valence electrons. The van der Waals surface area contributed by atoms with Gasteiger partial charge in [-0.05, 0) is 62.1 Å². The Hall–Kier alpha value is -5.48. The molecule has 5 N–H and O–H groups in total. The van der Waals surface area contributed by atoms with Gasteiger partial charge in [0.25, 0.3) is 6.45 Å². The standard InChI is InChI=1S/C30H43N5O8.C10H15NO3/c1-20(2)28(34-25(38)8-4-3-5-16-35-26(39)13-14-27(35)40)24(37)17-22(7-6-15-32-30(31)42)29(41)33-23-11-9-21(10-12-23)18-43-19-36;12-8-4-2-1-3-7-11-9(13)5-6-10(11)14/h9-12,19-20,22,28H,3-8,13-18H2,1-2H3,(H,33,41)(H,34,38)(H3,31,32,42);8H,1-7H2/t22-,28+;/m1./s1/i19D;8D. The van der Waals surface area contributed by atoms with E-state index in [9.17, 15) is 47.9 Å². The monoisotopic (exact) mass is 800 g/mol. The predicted molar refractivity (Wildman–Crippen MR) is 208 cm³/mol. The molecule has 0 saturated carbocycles. The van der Waals surface area contributed by atoms with Crippen molar-refractivity contribution in [3.63, 3.8) is 0 Å². The number of amides is 8. The zero-order valence-electron chi connectivity index (χ0n) is 34.9. The molecule has 3 rings (SSSR count). The first-order chi connectivity index (χ1) is 28.0. The number of nitrogens with zero attached hydrogens (tertiary/aromatic N) is 2. The van der Waals surface area contributed by atoms with Crippen LogP contribution in [0.3, 0.4) is 0 Å². The number of benzene rings is 1. The van der Waals surface area contributed by atoms with Gasteiger partial charge < -0.3 is 31.2 Å². The Balaban J connectivity index is 0.000000668. The highest BCUT2D eigenvalue weighted by Gasteiger charge is 2.31. The molecule has 2 aliphatic rings. The van der Waals surface area contributed by atoms with Gasteiger partial charge in [0.1, 0.15) is 14.2 Å². The molecular formula is C40H58N6O11. The van der Waals surface area contributed by atoms with E-state index < -0.39 is 36.6 Å². The van der Waals surface area contributed by atoms with Crippen molar-refractivity contribution in [3.8, 4) is 0 Å². The number of Topliss-reactive ketones (excluding diaryl/α,β-unsaturated/α-hetero) is 1. The van der Waals surface area contributed by atoms with Gasteiger partial charge in [0.2, 0.25) is 35.4 Å². The van der Waals surface area contributed by atoms with Crippen LogP contribution in [0.4, 0.5) is 10.5 Å². The van der Waals surface area contributed by atoms with Crippen LogP contribution in [0.1, 0.15) is 118 Å². The Morgan fingerprint density at radius 2 is 1.39 bits per heavy atom. The Morgan fingerprint density at radius 3 is 1.89 bits per heavy atom. The summed E-state index contributed by atoms with van der Waals surface area (Å²) in [5.74, 6) is -2.49. The third-order valence-corrected chi connectivity index (χ3v) is 9.45. The van der Waals surface area contributed by atoms with Crippen LogP contribution in [0.5, 0.6) is 0 Å². The summed E-state index contributed by atoms with van der Waals surface area (Å²) in [7, 11) is 0. The van der Waals surface area contributed by atoms with Crippen LogP contribution in [0, 0.1) is 11.8 Å². The lowest BCUT2D eigenvalue weighted by atomic mass is 9.89. The largest absolute Gasteiger partial charge is 0.463 e. The smallest absolute Gasteiger partial charge is 0.312 e. The van der Waals surface area contributed by atoms with Crippen molar-refractivity contribution >= 4 is 65.7 Å². The highest BCUT2D eigenvalue weighted by atomic mass is 16.5.